The maximum Gasteiger partial charge on any atom is 0.321 e. The normalized spacial score (nSPS) is 19.8. The highest BCUT2D eigenvalue weighted by Crippen LogP contribution is 2.36. The average molecular weight is 287 g/mol. The van der Waals surface area contributed by atoms with Crippen LogP contribution >= 0.6 is 0 Å². The van der Waals surface area contributed by atoms with Gasteiger partial charge in [-0.3, -0.25) is 10.00 Å². The Morgan fingerprint density at radius 1 is 1.38 bits per heavy atom. The number of nitrogens with one attached hydrogen (secondary N) is 2. The molecule has 0 saturated heterocycles. The number of aryl methyl sites for hydroxylation is 1. The number of hydrogen-bond donors (Lipinski definition) is 2. The molecule has 21 heavy (non-hydrogen) atoms. The van der Waals surface area contributed by atoms with Gasteiger partial charge >= 0.3 is 6.03 Å². The van der Waals surface area contributed by atoms with Crippen molar-refractivity contribution in [3.8, 4) is 5.75 Å². The third-order valence-electron chi connectivity index (χ3n) is 3.66. The monoisotopic (exact) mass is 287 g/mol. The minimum atomic E-state index is -0.323. The smallest absolute Gasteiger partial charge is 0.321 e. The third-order valence-corrected chi connectivity index (χ3v) is 3.66. The molecule has 1 aliphatic heterocycles. The van der Waals surface area contributed by atoms with Gasteiger partial charge in [-0.15, -0.1) is 5.10 Å². The zero-order valence-corrected chi connectivity index (χ0v) is 12.1. The Hall–Kier alpha value is -2.57. The minimum absolute atomic E-state index is 0.115. The fourth-order valence-electron chi connectivity index (χ4n) is 2.37. The maximum atomic E-state index is 12.1. The zero-order valence-electron chi connectivity index (χ0n) is 12.1. The van der Waals surface area contributed by atoms with E-state index < -0.39 is 0 Å². The molecule has 2 atom stereocenters. The summed E-state index contributed by atoms with van der Waals surface area (Å²) in [6.45, 7) is 3.77. The first-order chi connectivity index (χ1) is 10.1. The molecule has 0 radical (unpaired) electrons. The van der Waals surface area contributed by atoms with Crippen molar-refractivity contribution in [2.45, 2.75) is 26.0 Å². The number of ether oxygens (including phenoxy) is 1. The number of amides is 2. The molecule has 0 saturated carbocycles. The number of hydrogen-bond acceptors (Lipinski definition) is 4. The quantitative estimate of drug-likeness (QED) is 0.882. The number of carbonyl (C=O) groups is 1. The molecule has 1 aromatic heterocycles. The molecule has 1 aromatic carbocycles. The highest BCUT2D eigenvalue weighted by atomic mass is 16.5. The lowest BCUT2D eigenvalue weighted by Gasteiger charge is -2.16. The lowest BCUT2D eigenvalue weighted by atomic mass is 10.1. The topological polar surface area (TPSA) is 81.1 Å². The molecular weight excluding hydrogens is 270 g/mol. The van der Waals surface area contributed by atoms with Gasteiger partial charge in [-0.25, -0.2) is 4.79 Å². The Morgan fingerprint density at radius 2 is 2.14 bits per heavy atom. The van der Waals surface area contributed by atoms with Crippen LogP contribution in [-0.4, -0.2) is 27.1 Å². The second-order valence-corrected chi connectivity index (χ2v) is 5.08. The van der Waals surface area contributed by atoms with Crippen LogP contribution in [0, 0.1) is 6.92 Å². The van der Waals surface area contributed by atoms with Crippen molar-refractivity contribution in [3.63, 3.8) is 0 Å². The Labute approximate surface area is 122 Å². The van der Waals surface area contributed by atoms with E-state index in [1.807, 2.05) is 38.1 Å². The van der Waals surface area contributed by atoms with Crippen LogP contribution in [0.25, 0.3) is 0 Å². The van der Waals surface area contributed by atoms with Crippen LogP contribution in [-0.2, 0) is 7.05 Å². The van der Waals surface area contributed by atoms with Crippen LogP contribution in [0.15, 0.2) is 24.3 Å². The number of rotatable bonds is 2. The summed E-state index contributed by atoms with van der Waals surface area (Å²) >= 11 is 0. The molecule has 0 unspecified atom stereocenters. The van der Waals surface area contributed by atoms with Crippen LogP contribution in [0.4, 0.5) is 10.6 Å². The van der Waals surface area contributed by atoms with Crippen molar-refractivity contribution >= 4 is 11.8 Å². The van der Waals surface area contributed by atoms with Gasteiger partial charge in [0.15, 0.2) is 5.82 Å². The Kier molecular flexibility index (Phi) is 3.25. The number of carbonyl (C=O) groups excluding carboxylic acids is 1. The molecule has 2 heterocycles. The van der Waals surface area contributed by atoms with E-state index in [0.717, 1.165) is 17.0 Å². The molecular formula is C14H17N5O2. The predicted molar refractivity (Wildman–Crippen MR) is 77.2 cm³/mol. The van der Waals surface area contributed by atoms with Crippen LogP contribution < -0.4 is 15.4 Å². The lowest BCUT2D eigenvalue weighted by Crippen LogP contribution is -2.37. The molecule has 0 aliphatic carbocycles. The average Bonchev–Trinajstić information content (AvgIpc) is 2.94. The van der Waals surface area contributed by atoms with E-state index in [-0.39, 0.29) is 18.2 Å². The molecule has 1 aliphatic rings. The fraction of sp³-hybridized carbons (Fsp3) is 0.357. The van der Waals surface area contributed by atoms with Gasteiger partial charge in [0.1, 0.15) is 11.9 Å². The van der Waals surface area contributed by atoms with Gasteiger partial charge in [0.2, 0.25) is 0 Å². The van der Waals surface area contributed by atoms with E-state index in [1.165, 1.54) is 0 Å². The minimum Gasteiger partial charge on any atom is -0.488 e. The van der Waals surface area contributed by atoms with Crippen molar-refractivity contribution in [1.82, 2.24) is 20.3 Å². The standard InChI is InChI=1S/C14H17N5O2/c1-8-13(17-18-19(8)3)16-14(20)15-12-9(2)21-11-7-5-4-6-10(11)12/h4-7,9,12H,1-3H3,(H2,15,16,20)/t9-,12+/m1/s1. The van der Waals surface area contributed by atoms with Gasteiger partial charge in [0, 0.05) is 12.6 Å². The van der Waals surface area contributed by atoms with Crippen LogP contribution in [0.5, 0.6) is 5.75 Å². The van der Waals surface area contributed by atoms with E-state index in [2.05, 4.69) is 20.9 Å². The van der Waals surface area contributed by atoms with Gasteiger partial charge in [0.05, 0.1) is 11.7 Å². The zero-order chi connectivity index (χ0) is 15.0. The van der Waals surface area contributed by atoms with Crippen LogP contribution in [0.3, 0.4) is 0 Å². The van der Waals surface area contributed by atoms with Crippen molar-refractivity contribution < 1.29 is 9.53 Å². The molecule has 3 rings (SSSR count). The Bertz CT molecular complexity index is 682. The molecule has 110 valence electrons. The molecule has 2 aromatic rings. The van der Waals surface area contributed by atoms with Crippen LogP contribution in [0.1, 0.15) is 24.2 Å². The van der Waals surface area contributed by atoms with E-state index in [1.54, 1.807) is 11.7 Å². The molecule has 0 spiro atoms. The number of nitrogens with zero attached hydrogens (tertiary/aromatic N) is 3. The molecule has 7 heteroatoms. The summed E-state index contributed by atoms with van der Waals surface area (Å²) in [5.41, 5.74) is 1.78. The summed E-state index contributed by atoms with van der Waals surface area (Å²) < 4.78 is 7.33. The molecule has 7 nitrogen and oxygen atoms in total. The number of fused-ring (bicyclic) bond motifs is 1. The summed E-state index contributed by atoms with van der Waals surface area (Å²) in [7, 11) is 1.77. The maximum absolute atomic E-state index is 12.1. The first-order valence-electron chi connectivity index (χ1n) is 6.75. The van der Waals surface area contributed by atoms with Crippen molar-refractivity contribution in [1.29, 1.82) is 0 Å². The summed E-state index contributed by atoms with van der Waals surface area (Å²) in [6, 6.07) is 7.19. The van der Waals surface area contributed by atoms with Crippen LogP contribution in [0.2, 0.25) is 0 Å². The largest absolute Gasteiger partial charge is 0.488 e. The SMILES string of the molecule is Cc1c(NC(=O)N[C@@H]2c3ccccc3O[C@@H]2C)nnn1C. The number of para-hydroxylation sites is 1. The first kappa shape index (κ1) is 13.4. The lowest BCUT2D eigenvalue weighted by molar-refractivity contribution is 0.204. The molecule has 0 fully saturated rings. The van der Waals surface area contributed by atoms with E-state index >= 15 is 0 Å². The number of benzene rings is 1. The highest BCUT2D eigenvalue weighted by Gasteiger charge is 2.32. The Morgan fingerprint density at radius 3 is 2.86 bits per heavy atom. The number of urea groups is 1. The van der Waals surface area contributed by atoms with Gasteiger partial charge in [-0.1, -0.05) is 23.4 Å². The first-order valence-corrected chi connectivity index (χ1v) is 6.75. The summed E-state index contributed by atoms with van der Waals surface area (Å²) in [4.78, 5) is 12.1. The second-order valence-electron chi connectivity index (χ2n) is 5.08. The van der Waals surface area contributed by atoms with E-state index in [4.69, 9.17) is 4.74 Å². The highest BCUT2D eigenvalue weighted by molar-refractivity contribution is 5.89. The van der Waals surface area contributed by atoms with Crippen molar-refractivity contribution in [3.05, 3.63) is 35.5 Å². The van der Waals surface area contributed by atoms with Gasteiger partial charge in [0.25, 0.3) is 0 Å². The fourth-order valence-corrected chi connectivity index (χ4v) is 2.37. The summed E-state index contributed by atoms with van der Waals surface area (Å²) in [5.74, 6) is 1.26. The van der Waals surface area contributed by atoms with E-state index in [0.29, 0.717) is 5.82 Å². The van der Waals surface area contributed by atoms with E-state index in [9.17, 15) is 4.79 Å². The number of aromatic nitrogens is 3. The molecule has 0 bridgehead atoms. The third kappa shape index (κ3) is 2.42. The second kappa shape index (κ2) is 5.08. The Balaban J connectivity index is 1.72. The summed E-state index contributed by atoms with van der Waals surface area (Å²) in [6.07, 6.45) is -0.115. The molecule has 2 N–H and O–H groups in total. The van der Waals surface area contributed by atoms with Gasteiger partial charge < -0.3 is 10.1 Å². The molecule has 2 amide bonds. The van der Waals surface area contributed by atoms with Crippen molar-refractivity contribution in [2.75, 3.05) is 5.32 Å². The predicted octanol–water partition coefficient (Wildman–Crippen LogP) is 1.77. The summed E-state index contributed by atoms with van der Waals surface area (Å²) in [5, 5.41) is 13.4. The number of anilines is 1. The van der Waals surface area contributed by atoms with Gasteiger partial charge in [-0.2, -0.15) is 0 Å². The van der Waals surface area contributed by atoms with Gasteiger partial charge in [-0.05, 0) is 19.9 Å². The van der Waals surface area contributed by atoms with Crippen molar-refractivity contribution in [2.24, 2.45) is 7.05 Å².